The average Bonchev–Trinajstić information content (AvgIpc) is 2.30. The van der Waals surface area contributed by atoms with E-state index in [0.29, 0.717) is 12.0 Å². The molecule has 17 heavy (non-hydrogen) atoms. The molecule has 1 saturated heterocycles. The molecule has 1 N–H and O–H groups in total. The van der Waals surface area contributed by atoms with Crippen molar-refractivity contribution in [3.05, 3.63) is 0 Å². The normalized spacial score (nSPS) is 26.8. The van der Waals surface area contributed by atoms with Crippen LogP contribution in [0.5, 0.6) is 0 Å². The SMILES string of the molecule is CC(C)CN1CCC(C)NC(CN(C)C)C1=O. The zero-order valence-corrected chi connectivity index (χ0v) is 11.9. The molecule has 2 atom stereocenters. The Morgan fingerprint density at radius 2 is 2.12 bits per heavy atom. The van der Waals surface area contributed by atoms with Gasteiger partial charge in [-0.05, 0) is 33.4 Å². The van der Waals surface area contributed by atoms with Gasteiger partial charge in [-0.25, -0.2) is 0 Å². The van der Waals surface area contributed by atoms with E-state index in [9.17, 15) is 4.79 Å². The van der Waals surface area contributed by atoms with E-state index in [-0.39, 0.29) is 11.9 Å². The van der Waals surface area contributed by atoms with Crippen molar-refractivity contribution >= 4 is 5.91 Å². The predicted molar refractivity (Wildman–Crippen MR) is 71.0 cm³/mol. The first-order valence-corrected chi connectivity index (χ1v) is 6.59. The minimum absolute atomic E-state index is 0.0544. The molecule has 0 saturated carbocycles. The highest BCUT2D eigenvalue weighted by molar-refractivity contribution is 5.82. The second-order valence-corrected chi connectivity index (χ2v) is 5.85. The Bertz CT molecular complexity index is 253. The van der Waals surface area contributed by atoms with Gasteiger partial charge in [0.1, 0.15) is 0 Å². The van der Waals surface area contributed by atoms with Crippen LogP contribution in [0, 0.1) is 5.92 Å². The molecule has 4 heteroatoms. The van der Waals surface area contributed by atoms with Gasteiger partial charge in [-0.1, -0.05) is 13.8 Å². The van der Waals surface area contributed by atoms with Crippen molar-refractivity contribution in [2.24, 2.45) is 5.92 Å². The van der Waals surface area contributed by atoms with Crippen LogP contribution in [-0.2, 0) is 4.79 Å². The largest absolute Gasteiger partial charge is 0.341 e. The summed E-state index contributed by atoms with van der Waals surface area (Å²) in [4.78, 5) is 16.5. The van der Waals surface area contributed by atoms with Crippen LogP contribution < -0.4 is 5.32 Å². The molecule has 0 aromatic carbocycles. The van der Waals surface area contributed by atoms with Gasteiger partial charge in [-0.15, -0.1) is 0 Å². The monoisotopic (exact) mass is 241 g/mol. The van der Waals surface area contributed by atoms with Gasteiger partial charge in [0.25, 0.3) is 0 Å². The maximum absolute atomic E-state index is 12.4. The molecular weight excluding hydrogens is 214 g/mol. The van der Waals surface area contributed by atoms with E-state index < -0.39 is 0 Å². The van der Waals surface area contributed by atoms with Crippen molar-refractivity contribution in [3.63, 3.8) is 0 Å². The molecule has 100 valence electrons. The molecule has 0 bridgehead atoms. The van der Waals surface area contributed by atoms with Gasteiger partial charge in [0.05, 0.1) is 6.04 Å². The van der Waals surface area contributed by atoms with Crippen LogP contribution in [0.3, 0.4) is 0 Å². The first-order valence-electron chi connectivity index (χ1n) is 6.59. The Kier molecular flexibility index (Phi) is 5.40. The van der Waals surface area contributed by atoms with Gasteiger partial charge in [0, 0.05) is 25.7 Å². The highest BCUT2D eigenvalue weighted by Gasteiger charge is 2.29. The Balaban J connectivity index is 2.70. The topological polar surface area (TPSA) is 35.6 Å². The van der Waals surface area contributed by atoms with Gasteiger partial charge in [-0.2, -0.15) is 0 Å². The number of hydrogen-bond acceptors (Lipinski definition) is 3. The molecule has 1 aliphatic heterocycles. The lowest BCUT2D eigenvalue weighted by molar-refractivity contribution is -0.133. The van der Waals surface area contributed by atoms with Crippen molar-refractivity contribution in [1.29, 1.82) is 0 Å². The number of nitrogens with zero attached hydrogens (tertiary/aromatic N) is 2. The van der Waals surface area contributed by atoms with Crippen molar-refractivity contribution in [2.45, 2.75) is 39.3 Å². The van der Waals surface area contributed by atoms with E-state index in [4.69, 9.17) is 0 Å². The summed E-state index contributed by atoms with van der Waals surface area (Å²) in [6.07, 6.45) is 1.04. The quantitative estimate of drug-likeness (QED) is 0.790. The number of carbonyl (C=O) groups excluding carboxylic acids is 1. The maximum atomic E-state index is 12.4. The van der Waals surface area contributed by atoms with E-state index in [1.807, 2.05) is 19.0 Å². The summed E-state index contributed by atoms with van der Waals surface area (Å²) in [5, 5.41) is 3.43. The molecule has 0 radical (unpaired) electrons. The molecule has 4 nitrogen and oxygen atoms in total. The Labute approximate surface area is 105 Å². The number of rotatable bonds is 4. The standard InChI is InChI=1S/C13H27N3O/c1-10(2)8-16-7-6-11(3)14-12(13(16)17)9-15(4)5/h10-12,14H,6-9H2,1-5H3. The zero-order valence-electron chi connectivity index (χ0n) is 11.9. The molecule has 0 aromatic heterocycles. The number of nitrogens with one attached hydrogen (secondary N) is 1. The fourth-order valence-electron chi connectivity index (χ4n) is 2.30. The molecule has 1 amide bonds. The lowest BCUT2D eigenvalue weighted by Gasteiger charge is -2.27. The first kappa shape index (κ1) is 14.5. The fourth-order valence-corrected chi connectivity index (χ4v) is 2.30. The summed E-state index contributed by atoms with van der Waals surface area (Å²) in [6.45, 7) is 9.02. The highest BCUT2D eigenvalue weighted by atomic mass is 16.2. The molecule has 0 aromatic rings. The summed E-state index contributed by atoms with van der Waals surface area (Å²) in [6, 6.07) is 0.363. The molecule has 1 rings (SSSR count). The summed E-state index contributed by atoms with van der Waals surface area (Å²) in [5.74, 6) is 0.795. The molecule has 2 unspecified atom stereocenters. The van der Waals surface area contributed by atoms with Crippen LogP contribution in [0.25, 0.3) is 0 Å². The number of hydrogen-bond donors (Lipinski definition) is 1. The minimum atomic E-state index is -0.0544. The molecular formula is C13H27N3O. The molecule has 0 spiro atoms. The van der Waals surface area contributed by atoms with Gasteiger partial charge in [-0.3, -0.25) is 4.79 Å². The molecule has 1 heterocycles. The van der Waals surface area contributed by atoms with Crippen LogP contribution in [0.1, 0.15) is 27.2 Å². The fraction of sp³-hybridized carbons (Fsp3) is 0.923. The summed E-state index contributed by atoms with van der Waals surface area (Å²) < 4.78 is 0. The van der Waals surface area contributed by atoms with Crippen molar-refractivity contribution in [3.8, 4) is 0 Å². The second kappa shape index (κ2) is 6.36. The zero-order chi connectivity index (χ0) is 13.0. The van der Waals surface area contributed by atoms with E-state index in [1.165, 1.54) is 0 Å². The molecule has 0 aliphatic carbocycles. The van der Waals surface area contributed by atoms with Gasteiger partial charge in [0.2, 0.25) is 5.91 Å². The van der Waals surface area contributed by atoms with Crippen LogP contribution in [0.2, 0.25) is 0 Å². The van der Waals surface area contributed by atoms with Gasteiger partial charge >= 0.3 is 0 Å². The van der Waals surface area contributed by atoms with Gasteiger partial charge in [0.15, 0.2) is 0 Å². The highest BCUT2D eigenvalue weighted by Crippen LogP contribution is 2.10. The molecule has 1 fully saturated rings. The lowest BCUT2D eigenvalue weighted by atomic mass is 10.2. The Morgan fingerprint density at radius 3 is 2.65 bits per heavy atom. The Hall–Kier alpha value is -0.610. The Morgan fingerprint density at radius 1 is 1.47 bits per heavy atom. The average molecular weight is 241 g/mol. The smallest absolute Gasteiger partial charge is 0.241 e. The van der Waals surface area contributed by atoms with Crippen molar-refractivity contribution < 1.29 is 4.79 Å². The summed E-state index contributed by atoms with van der Waals surface area (Å²) in [5.41, 5.74) is 0. The van der Waals surface area contributed by atoms with Crippen molar-refractivity contribution in [1.82, 2.24) is 15.1 Å². The van der Waals surface area contributed by atoms with Crippen LogP contribution in [0.15, 0.2) is 0 Å². The van der Waals surface area contributed by atoms with E-state index in [1.54, 1.807) is 0 Å². The number of carbonyl (C=O) groups is 1. The van der Waals surface area contributed by atoms with Gasteiger partial charge < -0.3 is 15.1 Å². The van der Waals surface area contributed by atoms with E-state index in [2.05, 4.69) is 31.0 Å². The lowest BCUT2D eigenvalue weighted by Crippen LogP contribution is -2.50. The third-order valence-corrected chi connectivity index (χ3v) is 3.06. The minimum Gasteiger partial charge on any atom is -0.341 e. The summed E-state index contributed by atoms with van der Waals surface area (Å²) in [7, 11) is 4.02. The third-order valence-electron chi connectivity index (χ3n) is 3.06. The summed E-state index contributed by atoms with van der Waals surface area (Å²) >= 11 is 0. The third kappa shape index (κ3) is 4.64. The van der Waals surface area contributed by atoms with Crippen molar-refractivity contribution in [2.75, 3.05) is 33.7 Å². The van der Waals surface area contributed by atoms with Crippen LogP contribution >= 0.6 is 0 Å². The molecule has 1 aliphatic rings. The van der Waals surface area contributed by atoms with Crippen LogP contribution in [-0.4, -0.2) is 61.5 Å². The maximum Gasteiger partial charge on any atom is 0.241 e. The number of amides is 1. The first-order chi connectivity index (χ1) is 7.90. The predicted octanol–water partition coefficient (Wildman–Crippen LogP) is 0.783. The van der Waals surface area contributed by atoms with Crippen LogP contribution in [0.4, 0.5) is 0 Å². The second-order valence-electron chi connectivity index (χ2n) is 5.85. The van der Waals surface area contributed by atoms with E-state index in [0.717, 1.165) is 26.1 Å². The van der Waals surface area contributed by atoms with E-state index >= 15 is 0 Å². The number of likely N-dealkylation sites (N-methyl/N-ethyl adjacent to an activating group) is 1.